The molecule has 0 radical (unpaired) electrons. The number of carbonyl (C=O) groups excluding carboxylic acids is 1. The van der Waals surface area contributed by atoms with Gasteiger partial charge in [-0.05, 0) is 43.2 Å². The molecular weight excluding hydrogens is 483 g/mol. The van der Waals surface area contributed by atoms with E-state index < -0.39 is 0 Å². The van der Waals surface area contributed by atoms with E-state index >= 15 is 0 Å². The van der Waals surface area contributed by atoms with Crippen LogP contribution in [0, 0.1) is 13.8 Å². The smallest absolute Gasteiger partial charge is 0.247 e. The Kier molecular flexibility index (Phi) is 6.28. The zero-order valence-corrected chi connectivity index (χ0v) is 20.7. The molecule has 0 bridgehead atoms. The van der Waals surface area contributed by atoms with Gasteiger partial charge in [0.05, 0.1) is 12.2 Å². The summed E-state index contributed by atoms with van der Waals surface area (Å²) in [5.74, 6) is 0.179. The van der Waals surface area contributed by atoms with E-state index in [1.807, 2.05) is 19.1 Å². The molecule has 0 saturated carbocycles. The maximum absolute atomic E-state index is 12.8. The molecule has 1 amide bonds. The Bertz CT molecular complexity index is 1530. The number of benzene rings is 2. The lowest BCUT2D eigenvalue weighted by Gasteiger charge is -2.07. The van der Waals surface area contributed by atoms with Gasteiger partial charge in [0.2, 0.25) is 5.91 Å². The van der Waals surface area contributed by atoms with Crippen molar-refractivity contribution in [2.45, 2.75) is 26.9 Å². The molecular formula is C26H22Cl2N6O. The molecule has 0 spiro atoms. The highest BCUT2D eigenvalue weighted by atomic mass is 35.5. The lowest BCUT2D eigenvalue weighted by Crippen LogP contribution is -2.20. The van der Waals surface area contributed by atoms with E-state index in [0.717, 1.165) is 27.8 Å². The van der Waals surface area contributed by atoms with Crippen molar-refractivity contribution in [1.82, 2.24) is 24.5 Å². The molecule has 0 aliphatic carbocycles. The van der Waals surface area contributed by atoms with Gasteiger partial charge < -0.3 is 5.32 Å². The lowest BCUT2D eigenvalue weighted by molar-refractivity contribution is -0.116. The maximum atomic E-state index is 12.8. The van der Waals surface area contributed by atoms with Crippen molar-refractivity contribution in [3.05, 3.63) is 93.9 Å². The van der Waals surface area contributed by atoms with Gasteiger partial charge in [-0.15, -0.1) is 0 Å². The second-order valence-electron chi connectivity index (χ2n) is 8.32. The average molecular weight is 505 g/mol. The SMILES string of the molecule is Cc1cccc(-c2ccnc3c2c(C)nn3CC(=O)Nc2ccn(Cc3c(Cl)cccc3Cl)n2)c1. The van der Waals surface area contributed by atoms with Crippen molar-refractivity contribution >= 4 is 46.0 Å². The number of amides is 1. The Labute approximate surface area is 212 Å². The summed E-state index contributed by atoms with van der Waals surface area (Å²) in [5, 5.41) is 13.9. The normalized spacial score (nSPS) is 11.2. The summed E-state index contributed by atoms with van der Waals surface area (Å²) in [6.07, 6.45) is 3.51. The van der Waals surface area contributed by atoms with E-state index in [2.05, 4.69) is 45.6 Å². The Morgan fingerprint density at radius 1 is 1.00 bits per heavy atom. The van der Waals surface area contributed by atoms with Gasteiger partial charge in [0.1, 0.15) is 6.54 Å². The molecule has 3 heterocycles. The highest BCUT2D eigenvalue weighted by molar-refractivity contribution is 6.36. The molecule has 1 N–H and O–H groups in total. The average Bonchev–Trinajstić information content (AvgIpc) is 3.40. The van der Waals surface area contributed by atoms with E-state index in [0.29, 0.717) is 28.1 Å². The van der Waals surface area contributed by atoms with Gasteiger partial charge in [-0.3, -0.25) is 9.48 Å². The van der Waals surface area contributed by atoms with Gasteiger partial charge in [0.15, 0.2) is 11.5 Å². The fraction of sp³-hybridized carbons (Fsp3) is 0.154. The summed E-state index contributed by atoms with van der Waals surface area (Å²) < 4.78 is 3.30. The van der Waals surface area contributed by atoms with E-state index in [-0.39, 0.29) is 12.5 Å². The van der Waals surface area contributed by atoms with E-state index in [4.69, 9.17) is 23.2 Å². The molecule has 5 rings (SSSR count). The van der Waals surface area contributed by atoms with Crippen LogP contribution in [-0.2, 0) is 17.9 Å². The number of aromatic nitrogens is 5. The number of rotatable bonds is 6. The summed E-state index contributed by atoms with van der Waals surface area (Å²) in [4.78, 5) is 17.3. The lowest BCUT2D eigenvalue weighted by atomic mass is 10.0. The van der Waals surface area contributed by atoms with E-state index in [9.17, 15) is 4.79 Å². The number of aryl methyl sites for hydroxylation is 2. The molecule has 0 unspecified atom stereocenters. The standard InChI is InChI=1S/C26H22Cl2N6O/c1-16-5-3-6-18(13-16)19-9-11-29-26-25(19)17(2)31-34(26)15-24(35)30-23-10-12-33(32-23)14-20-21(27)7-4-8-22(20)28/h3-13H,14-15H2,1-2H3,(H,30,32,35). The first kappa shape index (κ1) is 23.1. The number of nitrogens with one attached hydrogen (secondary N) is 1. The number of fused-ring (bicyclic) bond motifs is 1. The van der Waals surface area contributed by atoms with Crippen LogP contribution in [0.5, 0.6) is 0 Å². The summed E-state index contributed by atoms with van der Waals surface area (Å²) in [7, 11) is 0. The van der Waals surface area contributed by atoms with Gasteiger partial charge >= 0.3 is 0 Å². The molecule has 9 heteroatoms. The van der Waals surface area contributed by atoms with Crippen LogP contribution in [-0.4, -0.2) is 30.5 Å². The van der Waals surface area contributed by atoms with Crippen molar-refractivity contribution in [2.24, 2.45) is 0 Å². The molecule has 5 aromatic rings. The number of nitrogens with zero attached hydrogens (tertiary/aromatic N) is 5. The molecule has 0 fully saturated rings. The van der Waals surface area contributed by atoms with Crippen LogP contribution in [0.15, 0.2) is 67.0 Å². The first-order valence-electron chi connectivity index (χ1n) is 11.0. The molecule has 35 heavy (non-hydrogen) atoms. The van der Waals surface area contributed by atoms with Crippen LogP contribution in [0.3, 0.4) is 0 Å². The minimum absolute atomic E-state index is 0.0117. The van der Waals surface area contributed by atoms with Gasteiger partial charge in [0.25, 0.3) is 0 Å². The van der Waals surface area contributed by atoms with Crippen LogP contribution in [0.1, 0.15) is 16.8 Å². The van der Waals surface area contributed by atoms with Gasteiger partial charge in [0, 0.05) is 39.5 Å². The Balaban J connectivity index is 1.34. The molecule has 0 aliphatic heterocycles. The summed E-state index contributed by atoms with van der Waals surface area (Å²) in [6.45, 7) is 4.40. The number of pyridine rings is 1. The van der Waals surface area contributed by atoms with Crippen LogP contribution in [0.2, 0.25) is 10.0 Å². The molecule has 3 aromatic heterocycles. The summed E-state index contributed by atoms with van der Waals surface area (Å²) in [6, 6.07) is 17.4. The number of carbonyl (C=O) groups is 1. The predicted octanol–water partition coefficient (Wildman–Crippen LogP) is 5.91. The van der Waals surface area contributed by atoms with Crippen molar-refractivity contribution in [1.29, 1.82) is 0 Å². The number of hydrogen-bond acceptors (Lipinski definition) is 4. The monoisotopic (exact) mass is 504 g/mol. The molecule has 7 nitrogen and oxygen atoms in total. The summed E-state index contributed by atoms with van der Waals surface area (Å²) >= 11 is 12.5. The predicted molar refractivity (Wildman–Crippen MR) is 139 cm³/mol. The van der Waals surface area contributed by atoms with Crippen molar-refractivity contribution in [2.75, 3.05) is 5.32 Å². The minimum atomic E-state index is -0.252. The number of anilines is 1. The number of halogens is 2. The third-order valence-electron chi connectivity index (χ3n) is 5.72. The second kappa shape index (κ2) is 9.52. The van der Waals surface area contributed by atoms with Crippen LogP contribution in [0.4, 0.5) is 5.82 Å². The maximum Gasteiger partial charge on any atom is 0.247 e. The Morgan fingerprint density at radius 2 is 1.77 bits per heavy atom. The zero-order chi connectivity index (χ0) is 24.5. The fourth-order valence-electron chi connectivity index (χ4n) is 4.13. The topological polar surface area (TPSA) is 77.6 Å². The molecule has 0 atom stereocenters. The van der Waals surface area contributed by atoms with Gasteiger partial charge in [-0.25, -0.2) is 9.67 Å². The van der Waals surface area contributed by atoms with E-state index in [1.54, 1.807) is 46.0 Å². The summed E-state index contributed by atoms with van der Waals surface area (Å²) in [5.41, 5.74) is 5.56. The highest BCUT2D eigenvalue weighted by Crippen LogP contribution is 2.30. The quantitative estimate of drug-likeness (QED) is 0.312. The largest absolute Gasteiger partial charge is 0.308 e. The Hall–Kier alpha value is -3.68. The van der Waals surface area contributed by atoms with Crippen molar-refractivity contribution < 1.29 is 4.79 Å². The first-order chi connectivity index (χ1) is 16.9. The molecule has 0 aliphatic rings. The number of hydrogen-bond donors (Lipinski definition) is 1. The van der Waals surface area contributed by atoms with Gasteiger partial charge in [-0.2, -0.15) is 10.2 Å². The van der Waals surface area contributed by atoms with Gasteiger partial charge in [-0.1, -0.05) is 59.1 Å². The fourth-order valence-corrected chi connectivity index (χ4v) is 4.64. The van der Waals surface area contributed by atoms with Crippen molar-refractivity contribution in [3.8, 4) is 11.1 Å². The molecule has 2 aromatic carbocycles. The first-order valence-corrected chi connectivity index (χ1v) is 11.8. The van der Waals surface area contributed by atoms with Crippen LogP contribution >= 0.6 is 23.2 Å². The minimum Gasteiger partial charge on any atom is -0.308 e. The van der Waals surface area contributed by atoms with Crippen molar-refractivity contribution in [3.63, 3.8) is 0 Å². The highest BCUT2D eigenvalue weighted by Gasteiger charge is 2.17. The third kappa shape index (κ3) is 4.78. The second-order valence-corrected chi connectivity index (χ2v) is 9.13. The Morgan fingerprint density at radius 3 is 2.54 bits per heavy atom. The third-order valence-corrected chi connectivity index (χ3v) is 6.43. The van der Waals surface area contributed by atoms with Crippen LogP contribution < -0.4 is 5.32 Å². The van der Waals surface area contributed by atoms with Crippen LogP contribution in [0.25, 0.3) is 22.2 Å². The van der Waals surface area contributed by atoms with E-state index in [1.165, 1.54) is 5.56 Å². The molecule has 0 saturated heterocycles. The molecule has 176 valence electrons. The zero-order valence-electron chi connectivity index (χ0n) is 19.2.